The van der Waals surface area contributed by atoms with Crippen LogP contribution in [0.15, 0.2) is 5.16 Å². The van der Waals surface area contributed by atoms with E-state index < -0.39 is 0 Å². The van der Waals surface area contributed by atoms with Crippen LogP contribution in [0.5, 0.6) is 0 Å². The van der Waals surface area contributed by atoms with Gasteiger partial charge >= 0.3 is 0 Å². The summed E-state index contributed by atoms with van der Waals surface area (Å²) in [5.41, 5.74) is 0.958. The van der Waals surface area contributed by atoms with Gasteiger partial charge in [0, 0.05) is 6.42 Å². The van der Waals surface area contributed by atoms with Gasteiger partial charge in [-0.3, -0.25) is 0 Å². The van der Waals surface area contributed by atoms with Crippen molar-refractivity contribution in [1.29, 1.82) is 0 Å². The molecule has 0 aromatic heterocycles. The monoisotopic (exact) mass is 133 g/mol. The number of nitrogens with zero attached hydrogens (tertiary/aromatic N) is 1. The third-order valence-electron chi connectivity index (χ3n) is 1.04. The Hall–Kier alpha value is -0.240. The largest absolute Gasteiger partial charge is 0.392 e. The van der Waals surface area contributed by atoms with E-state index >= 15 is 0 Å². The van der Waals surface area contributed by atoms with Gasteiger partial charge in [0.1, 0.15) is 6.10 Å². The van der Waals surface area contributed by atoms with Crippen molar-refractivity contribution in [3.63, 3.8) is 0 Å². The molecule has 1 unspecified atom stereocenters. The predicted octanol–water partition coefficient (Wildman–Crippen LogP) is 1.39. The molecule has 0 spiro atoms. The van der Waals surface area contributed by atoms with E-state index in [9.17, 15) is 0 Å². The molecule has 0 fully saturated rings. The summed E-state index contributed by atoms with van der Waals surface area (Å²) < 4.78 is 0. The molecule has 0 bridgehead atoms. The standard InChI is InChI=1S/C5H8ClNO/c1-4-2-5(3-6)7-8-4/h4H,2-3H2,1H3. The van der Waals surface area contributed by atoms with E-state index in [0.29, 0.717) is 5.88 Å². The maximum atomic E-state index is 5.46. The van der Waals surface area contributed by atoms with Crippen molar-refractivity contribution in [3.8, 4) is 0 Å². The Bertz CT molecular complexity index is 113. The molecule has 1 atom stereocenters. The van der Waals surface area contributed by atoms with Crippen molar-refractivity contribution in [2.24, 2.45) is 5.16 Å². The topological polar surface area (TPSA) is 21.6 Å². The molecule has 0 aliphatic carbocycles. The molecule has 8 heavy (non-hydrogen) atoms. The Kier molecular flexibility index (Phi) is 1.73. The van der Waals surface area contributed by atoms with Gasteiger partial charge in [-0.1, -0.05) is 5.16 Å². The highest BCUT2D eigenvalue weighted by Crippen LogP contribution is 2.09. The first-order valence-electron chi connectivity index (χ1n) is 2.60. The van der Waals surface area contributed by atoms with Crippen molar-refractivity contribution in [2.75, 3.05) is 5.88 Å². The van der Waals surface area contributed by atoms with Crippen LogP contribution >= 0.6 is 11.6 Å². The summed E-state index contributed by atoms with van der Waals surface area (Å²) in [5.74, 6) is 0.504. The molecule has 0 saturated heterocycles. The van der Waals surface area contributed by atoms with Crippen molar-refractivity contribution in [1.82, 2.24) is 0 Å². The van der Waals surface area contributed by atoms with Gasteiger partial charge in [-0.25, -0.2) is 0 Å². The van der Waals surface area contributed by atoms with Crippen molar-refractivity contribution >= 4 is 17.3 Å². The lowest BCUT2D eigenvalue weighted by molar-refractivity contribution is 0.0995. The number of rotatable bonds is 1. The Morgan fingerprint density at radius 2 is 2.75 bits per heavy atom. The molecule has 1 rings (SSSR count). The van der Waals surface area contributed by atoms with Crippen LogP contribution in [0.3, 0.4) is 0 Å². The number of hydrogen-bond donors (Lipinski definition) is 0. The molecule has 1 aliphatic heterocycles. The molecule has 0 radical (unpaired) electrons. The Labute approximate surface area is 53.5 Å². The minimum atomic E-state index is 0.240. The van der Waals surface area contributed by atoms with E-state index in [2.05, 4.69) is 5.16 Å². The van der Waals surface area contributed by atoms with E-state index in [1.54, 1.807) is 0 Å². The summed E-state index contributed by atoms with van der Waals surface area (Å²) >= 11 is 5.46. The fourth-order valence-electron chi connectivity index (χ4n) is 0.650. The van der Waals surface area contributed by atoms with Gasteiger partial charge in [0.25, 0.3) is 0 Å². The smallest absolute Gasteiger partial charge is 0.130 e. The maximum Gasteiger partial charge on any atom is 0.130 e. The summed E-state index contributed by atoms with van der Waals surface area (Å²) in [6.07, 6.45) is 1.13. The number of halogens is 1. The summed E-state index contributed by atoms with van der Waals surface area (Å²) in [5, 5.41) is 3.72. The van der Waals surface area contributed by atoms with Crippen LogP contribution in [0, 0.1) is 0 Å². The van der Waals surface area contributed by atoms with Gasteiger partial charge in [-0.15, -0.1) is 11.6 Å². The zero-order valence-electron chi connectivity index (χ0n) is 4.72. The molecular formula is C5H8ClNO. The minimum Gasteiger partial charge on any atom is -0.392 e. The first kappa shape index (κ1) is 5.89. The molecule has 1 heterocycles. The second-order valence-electron chi connectivity index (χ2n) is 1.91. The molecule has 3 heteroatoms. The van der Waals surface area contributed by atoms with Crippen LogP contribution in [0.4, 0.5) is 0 Å². The lowest BCUT2D eigenvalue weighted by atomic mass is 10.2. The van der Waals surface area contributed by atoms with E-state index in [4.69, 9.17) is 16.4 Å². The second kappa shape index (κ2) is 2.35. The van der Waals surface area contributed by atoms with Gasteiger partial charge in [-0.05, 0) is 6.92 Å². The van der Waals surface area contributed by atoms with Crippen LogP contribution < -0.4 is 0 Å². The summed E-state index contributed by atoms with van der Waals surface area (Å²) in [4.78, 5) is 4.86. The maximum absolute atomic E-state index is 5.46. The van der Waals surface area contributed by atoms with Gasteiger partial charge < -0.3 is 4.84 Å². The third kappa shape index (κ3) is 1.13. The lowest BCUT2D eigenvalue weighted by Gasteiger charge is -1.94. The Morgan fingerprint density at radius 1 is 2.00 bits per heavy atom. The van der Waals surface area contributed by atoms with E-state index in [-0.39, 0.29) is 6.10 Å². The summed E-state index contributed by atoms with van der Waals surface area (Å²) in [7, 11) is 0. The van der Waals surface area contributed by atoms with Gasteiger partial charge in [0.15, 0.2) is 0 Å². The zero-order chi connectivity index (χ0) is 5.98. The van der Waals surface area contributed by atoms with Crippen LogP contribution in [0.25, 0.3) is 0 Å². The molecule has 0 saturated carbocycles. The SMILES string of the molecule is CC1CC(CCl)=NO1. The van der Waals surface area contributed by atoms with Gasteiger partial charge in [0.2, 0.25) is 0 Å². The highest BCUT2D eigenvalue weighted by atomic mass is 35.5. The lowest BCUT2D eigenvalue weighted by Crippen LogP contribution is -2.01. The van der Waals surface area contributed by atoms with E-state index in [0.717, 1.165) is 12.1 Å². The third-order valence-corrected chi connectivity index (χ3v) is 1.35. The van der Waals surface area contributed by atoms with E-state index in [1.165, 1.54) is 0 Å². The molecular weight excluding hydrogens is 126 g/mol. The highest BCUT2D eigenvalue weighted by Gasteiger charge is 2.13. The number of alkyl halides is 1. The molecule has 46 valence electrons. The average Bonchev–Trinajstić information content (AvgIpc) is 2.14. The normalized spacial score (nSPS) is 27.2. The first-order valence-corrected chi connectivity index (χ1v) is 3.14. The van der Waals surface area contributed by atoms with Crippen LogP contribution in [-0.4, -0.2) is 17.7 Å². The average molecular weight is 134 g/mol. The fraction of sp³-hybridized carbons (Fsp3) is 0.800. The van der Waals surface area contributed by atoms with Crippen molar-refractivity contribution in [3.05, 3.63) is 0 Å². The highest BCUT2D eigenvalue weighted by molar-refractivity contribution is 6.28. The van der Waals surface area contributed by atoms with Crippen LogP contribution in [0.2, 0.25) is 0 Å². The fourth-order valence-corrected chi connectivity index (χ4v) is 0.808. The molecule has 0 amide bonds. The molecule has 0 aromatic rings. The molecule has 1 aliphatic rings. The number of hydrogen-bond acceptors (Lipinski definition) is 2. The summed E-state index contributed by atoms with van der Waals surface area (Å²) in [6, 6.07) is 0. The van der Waals surface area contributed by atoms with Crippen molar-refractivity contribution < 1.29 is 4.84 Å². The summed E-state index contributed by atoms with van der Waals surface area (Å²) in [6.45, 7) is 1.98. The minimum absolute atomic E-state index is 0.240. The zero-order valence-corrected chi connectivity index (χ0v) is 5.48. The molecule has 0 aromatic carbocycles. The quantitative estimate of drug-likeness (QED) is 0.496. The molecule has 2 nitrogen and oxygen atoms in total. The molecule has 0 N–H and O–H groups in total. The van der Waals surface area contributed by atoms with Crippen LogP contribution in [-0.2, 0) is 4.84 Å². The van der Waals surface area contributed by atoms with Crippen molar-refractivity contribution in [2.45, 2.75) is 19.4 Å². The Balaban J connectivity index is 2.37. The van der Waals surface area contributed by atoms with Gasteiger partial charge in [-0.2, -0.15) is 0 Å². The van der Waals surface area contributed by atoms with E-state index in [1.807, 2.05) is 6.92 Å². The first-order chi connectivity index (χ1) is 3.83. The van der Waals surface area contributed by atoms with Crippen LogP contribution in [0.1, 0.15) is 13.3 Å². The number of oxime groups is 1. The van der Waals surface area contributed by atoms with Gasteiger partial charge in [0.05, 0.1) is 11.6 Å². The Morgan fingerprint density at radius 3 is 3.00 bits per heavy atom. The predicted molar refractivity (Wildman–Crippen MR) is 33.3 cm³/mol. The second-order valence-corrected chi connectivity index (χ2v) is 2.18.